The van der Waals surface area contributed by atoms with Crippen LogP contribution in [0.15, 0.2) is 0 Å². The number of piperidine rings is 2. The Labute approximate surface area is 105 Å². The fraction of sp³-hybridized carbons (Fsp3) is 1.00. The van der Waals surface area contributed by atoms with Gasteiger partial charge in [-0.25, -0.2) is 0 Å². The van der Waals surface area contributed by atoms with Crippen molar-refractivity contribution in [2.75, 3.05) is 6.61 Å². The first-order valence-electron chi connectivity index (χ1n) is 7.27. The molecule has 3 nitrogen and oxygen atoms in total. The van der Waals surface area contributed by atoms with Crippen LogP contribution in [0.2, 0.25) is 0 Å². The number of hydrogen-bond acceptors (Lipinski definition) is 3. The molecule has 3 heterocycles. The number of nitrogens with two attached hydrogens (primary N) is 1. The first-order chi connectivity index (χ1) is 8.11. The molecular formula is C14H26N2O. The fourth-order valence-corrected chi connectivity index (χ4v) is 4.42. The molecule has 3 aliphatic heterocycles. The zero-order valence-electron chi connectivity index (χ0n) is 11.2. The Hall–Kier alpha value is -0.120. The third kappa shape index (κ3) is 1.83. The van der Waals surface area contributed by atoms with E-state index in [9.17, 15) is 0 Å². The maximum atomic E-state index is 6.21. The standard InChI is InChI=1S/C14H26N2O/c1-10-14(2,6-7-17-10)16-12-4-3-5-13(16)9-11(15)8-12/h10-13H,3-9,15H2,1-2H3. The van der Waals surface area contributed by atoms with Crippen LogP contribution in [-0.4, -0.2) is 41.3 Å². The van der Waals surface area contributed by atoms with Crippen LogP contribution < -0.4 is 5.73 Å². The zero-order valence-corrected chi connectivity index (χ0v) is 11.2. The first kappa shape index (κ1) is 11.9. The van der Waals surface area contributed by atoms with E-state index in [0.717, 1.165) is 6.61 Å². The van der Waals surface area contributed by atoms with E-state index in [1.54, 1.807) is 0 Å². The topological polar surface area (TPSA) is 38.5 Å². The molecule has 2 N–H and O–H groups in total. The molecule has 4 unspecified atom stereocenters. The number of ether oxygens (including phenoxy) is 1. The van der Waals surface area contributed by atoms with Crippen molar-refractivity contribution < 1.29 is 4.74 Å². The lowest BCUT2D eigenvalue weighted by molar-refractivity contribution is -0.0773. The summed E-state index contributed by atoms with van der Waals surface area (Å²) >= 11 is 0. The lowest BCUT2D eigenvalue weighted by Crippen LogP contribution is -2.65. The summed E-state index contributed by atoms with van der Waals surface area (Å²) in [7, 11) is 0. The summed E-state index contributed by atoms with van der Waals surface area (Å²) in [6.07, 6.45) is 8.02. The van der Waals surface area contributed by atoms with Gasteiger partial charge in [-0.05, 0) is 46.0 Å². The van der Waals surface area contributed by atoms with E-state index in [1.165, 1.54) is 38.5 Å². The molecule has 0 amide bonds. The highest BCUT2D eigenvalue weighted by Crippen LogP contribution is 2.43. The molecule has 3 fully saturated rings. The van der Waals surface area contributed by atoms with Crippen LogP contribution in [0.3, 0.4) is 0 Å². The summed E-state index contributed by atoms with van der Waals surface area (Å²) in [5.41, 5.74) is 6.47. The molecule has 0 aromatic rings. The van der Waals surface area contributed by atoms with Crippen LogP contribution in [0, 0.1) is 0 Å². The second kappa shape index (κ2) is 4.22. The first-order valence-corrected chi connectivity index (χ1v) is 7.27. The van der Waals surface area contributed by atoms with Crippen molar-refractivity contribution in [1.82, 2.24) is 4.90 Å². The third-order valence-corrected chi connectivity index (χ3v) is 5.45. The van der Waals surface area contributed by atoms with Crippen molar-refractivity contribution in [3.8, 4) is 0 Å². The molecule has 3 aliphatic rings. The SMILES string of the molecule is CC1OCCC1(C)N1C2CCCC1CC(N)C2. The third-order valence-electron chi connectivity index (χ3n) is 5.45. The highest BCUT2D eigenvalue weighted by molar-refractivity contribution is 5.05. The normalized spacial score (nSPS) is 51.7. The van der Waals surface area contributed by atoms with Gasteiger partial charge in [-0.15, -0.1) is 0 Å². The average Bonchev–Trinajstić information content (AvgIpc) is 2.58. The summed E-state index contributed by atoms with van der Waals surface area (Å²) in [4.78, 5) is 2.80. The maximum Gasteiger partial charge on any atom is 0.0729 e. The monoisotopic (exact) mass is 238 g/mol. The van der Waals surface area contributed by atoms with E-state index >= 15 is 0 Å². The molecule has 3 heteroatoms. The molecule has 0 aromatic heterocycles. The quantitative estimate of drug-likeness (QED) is 0.758. The summed E-state index contributed by atoms with van der Waals surface area (Å²) < 4.78 is 5.84. The van der Waals surface area contributed by atoms with Crippen LogP contribution in [-0.2, 0) is 4.74 Å². The molecule has 98 valence electrons. The largest absolute Gasteiger partial charge is 0.377 e. The van der Waals surface area contributed by atoms with Crippen molar-refractivity contribution in [2.24, 2.45) is 5.73 Å². The van der Waals surface area contributed by atoms with Crippen LogP contribution >= 0.6 is 0 Å². The van der Waals surface area contributed by atoms with Gasteiger partial charge in [0.2, 0.25) is 0 Å². The van der Waals surface area contributed by atoms with Gasteiger partial charge >= 0.3 is 0 Å². The van der Waals surface area contributed by atoms with Gasteiger partial charge in [0, 0.05) is 30.3 Å². The van der Waals surface area contributed by atoms with E-state index in [0.29, 0.717) is 24.2 Å². The van der Waals surface area contributed by atoms with Gasteiger partial charge in [0.25, 0.3) is 0 Å². The second-order valence-corrected chi connectivity index (χ2v) is 6.50. The summed E-state index contributed by atoms with van der Waals surface area (Å²) in [5, 5.41) is 0. The van der Waals surface area contributed by atoms with Gasteiger partial charge in [0.15, 0.2) is 0 Å². The Balaban J connectivity index is 1.86. The molecule has 0 aliphatic carbocycles. The molecular weight excluding hydrogens is 212 g/mol. The van der Waals surface area contributed by atoms with Gasteiger partial charge in [-0.1, -0.05) is 6.42 Å². The Bertz CT molecular complexity index is 282. The van der Waals surface area contributed by atoms with E-state index in [1.807, 2.05) is 0 Å². The van der Waals surface area contributed by atoms with Crippen LogP contribution in [0.4, 0.5) is 0 Å². The molecule has 17 heavy (non-hydrogen) atoms. The van der Waals surface area contributed by atoms with Crippen molar-refractivity contribution in [3.63, 3.8) is 0 Å². The van der Waals surface area contributed by atoms with E-state index in [4.69, 9.17) is 10.5 Å². The minimum atomic E-state index is 0.260. The summed E-state index contributed by atoms with van der Waals surface area (Å²) in [6.45, 7) is 5.59. The Morgan fingerprint density at radius 2 is 1.88 bits per heavy atom. The molecule has 3 rings (SSSR count). The molecule has 0 saturated carbocycles. The Morgan fingerprint density at radius 3 is 2.41 bits per heavy atom. The number of fused-ring (bicyclic) bond motifs is 2. The zero-order chi connectivity index (χ0) is 12.0. The number of hydrogen-bond donors (Lipinski definition) is 1. The van der Waals surface area contributed by atoms with Gasteiger partial charge in [-0.3, -0.25) is 4.90 Å². The molecule has 3 saturated heterocycles. The highest BCUT2D eigenvalue weighted by Gasteiger charge is 2.50. The van der Waals surface area contributed by atoms with Crippen molar-refractivity contribution >= 4 is 0 Å². The Kier molecular flexibility index (Phi) is 2.96. The minimum absolute atomic E-state index is 0.260. The predicted octanol–water partition coefficient (Wildman–Crippen LogP) is 1.90. The van der Waals surface area contributed by atoms with E-state index in [-0.39, 0.29) is 5.54 Å². The average molecular weight is 238 g/mol. The van der Waals surface area contributed by atoms with Gasteiger partial charge in [0.05, 0.1) is 6.10 Å². The van der Waals surface area contributed by atoms with E-state index in [2.05, 4.69) is 18.7 Å². The fourth-order valence-electron chi connectivity index (χ4n) is 4.42. The van der Waals surface area contributed by atoms with Gasteiger partial charge in [-0.2, -0.15) is 0 Å². The predicted molar refractivity (Wildman–Crippen MR) is 68.9 cm³/mol. The smallest absolute Gasteiger partial charge is 0.0729 e. The molecule has 0 spiro atoms. The van der Waals surface area contributed by atoms with Crippen molar-refractivity contribution in [3.05, 3.63) is 0 Å². The van der Waals surface area contributed by atoms with Gasteiger partial charge in [0.1, 0.15) is 0 Å². The number of rotatable bonds is 1. The van der Waals surface area contributed by atoms with Crippen molar-refractivity contribution in [2.45, 2.75) is 82.1 Å². The number of nitrogens with zero attached hydrogens (tertiary/aromatic N) is 1. The Morgan fingerprint density at radius 1 is 1.24 bits per heavy atom. The lowest BCUT2D eigenvalue weighted by atomic mass is 9.76. The molecule has 2 bridgehead atoms. The van der Waals surface area contributed by atoms with E-state index < -0.39 is 0 Å². The van der Waals surface area contributed by atoms with Crippen LogP contribution in [0.25, 0.3) is 0 Å². The lowest BCUT2D eigenvalue weighted by Gasteiger charge is -2.56. The van der Waals surface area contributed by atoms with Crippen LogP contribution in [0.5, 0.6) is 0 Å². The molecule has 0 radical (unpaired) electrons. The second-order valence-electron chi connectivity index (χ2n) is 6.50. The molecule has 4 atom stereocenters. The van der Waals surface area contributed by atoms with Crippen LogP contribution in [0.1, 0.15) is 52.4 Å². The molecule has 0 aromatic carbocycles. The summed E-state index contributed by atoms with van der Waals surface area (Å²) in [5.74, 6) is 0. The highest BCUT2D eigenvalue weighted by atomic mass is 16.5. The van der Waals surface area contributed by atoms with Gasteiger partial charge < -0.3 is 10.5 Å². The maximum absolute atomic E-state index is 6.21. The summed E-state index contributed by atoms with van der Waals surface area (Å²) in [6, 6.07) is 1.86. The minimum Gasteiger partial charge on any atom is -0.377 e. The van der Waals surface area contributed by atoms with Crippen molar-refractivity contribution in [1.29, 1.82) is 0 Å².